The molecule has 2 fully saturated rings. The first kappa shape index (κ1) is 13.4. The van der Waals surface area contributed by atoms with Crippen LogP contribution in [-0.2, 0) is 14.3 Å². The van der Waals surface area contributed by atoms with Crippen molar-refractivity contribution in [3.05, 3.63) is 0 Å². The molecule has 0 atom stereocenters. The van der Waals surface area contributed by atoms with Gasteiger partial charge in [0.15, 0.2) is 0 Å². The lowest BCUT2D eigenvalue weighted by atomic mass is 9.86. The van der Waals surface area contributed by atoms with Gasteiger partial charge in [0.05, 0.1) is 13.0 Å². The lowest BCUT2D eigenvalue weighted by molar-refractivity contribution is -0.147. The highest BCUT2D eigenvalue weighted by Gasteiger charge is 2.20. The van der Waals surface area contributed by atoms with Crippen LogP contribution in [0.15, 0.2) is 0 Å². The van der Waals surface area contributed by atoms with Crippen molar-refractivity contribution in [2.24, 2.45) is 5.92 Å². The van der Waals surface area contributed by atoms with Crippen LogP contribution in [0.3, 0.4) is 0 Å². The summed E-state index contributed by atoms with van der Waals surface area (Å²) in [5.41, 5.74) is 0. The molecular weight excluding hydrogens is 230 g/mol. The summed E-state index contributed by atoms with van der Waals surface area (Å²) in [4.78, 5) is 23.0. The SMILES string of the molecule is O=C(CCC(=O)OCC1CCC1)NC1CCCC1. The minimum atomic E-state index is -0.233. The minimum absolute atomic E-state index is 0.0116. The summed E-state index contributed by atoms with van der Waals surface area (Å²) in [7, 11) is 0. The monoisotopic (exact) mass is 253 g/mol. The summed E-state index contributed by atoms with van der Waals surface area (Å²) in [6.45, 7) is 0.545. The van der Waals surface area contributed by atoms with Crippen LogP contribution < -0.4 is 5.32 Å². The molecule has 0 aliphatic heterocycles. The second kappa shape index (κ2) is 6.76. The van der Waals surface area contributed by atoms with Crippen molar-refractivity contribution in [2.45, 2.75) is 63.8 Å². The minimum Gasteiger partial charge on any atom is -0.465 e. The van der Waals surface area contributed by atoms with Crippen molar-refractivity contribution >= 4 is 11.9 Å². The summed E-state index contributed by atoms with van der Waals surface area (Å²) in [6.07, 6.45) is 8.65. The molecule has 1 amide bonds. The molecule has 0 unspecified atom stereocenters. The molecule has 0 spiro atoms. The first-order valence-electron chi connectivity index (χ1n) is 7.19. The Hall–Kier alpha value is -1.06. The van der Waals surface area contributed by atoms with Gasteiger partial charge in [0, 0.05) is 12.5 Å². The molecule has 0 aromatic heterocycles. The van der Waals surface area contributed by atoms with Gasteiger partial charge in [-0.1, -0.05) is 19.3 Å². The molecule has 4 heteroatoms. The number of hydrogen-bond donors (Lipinski definition) is 1. The van der Waals surface area contributed by atoms with Crippen LogP contribution in [0.4, 0.5) is 0 Å². The van der Waals surface area contributed by atoms with Crippen LogP contribution in [-0.4, -0.2) is 24.5 Å². The highest BCUT2D eigenvalue weighted by atomic mass is 16.5. The zero-order chi connectivity index (χ0) is 12.8. The Balaban J connectivity index is 1.52. The molecule has 2 aliphatic carbocycles. The van der Waals surface area contributed by atoms with Crippen molar-refractivity contribution in [3.63, 3.8) is 0 Å². The fourth-order valence-corrected chi connectivity index (χ4v) is 2.53. The van der Waals surface area contributed by atoms with Gasteiger partial charge in [-0.05, 0) is 31.6 Å². The van der Waals surface area contributed by atoms with E-state index >= 15 is 0 Å². The average molecular weight is 253 g/mol. The number of carbonyl (C=O) groups excluding carboxylic acids is 2. The van der Waals surface area contributed by atoms with Crippen molar-refractivity contribution < 1.29 is 14.3 Å². The number of nitrogens with one attached hydrogen (secondary N) is 1. The Morgan fingerprint density at radius 2 is 1.72 bits per heavy atom. The van der Waals surface area contributed by atoms with Crippen molar-refractivity contribution in [2.75, 3.05) is 6.61 Å². The Morgan fingerprint density at radius 3 is 2.33 bits per heavy atom. The first-order chi connectivity index (χ1) is 8.74. The molecule has 0 aromatic carbocycles. The average Bonchev–Trinajstić information content (AvgIpc) is 2.77. The zero-order valence-corrected chi connectivity index (χ0v) is 11.0. The molecule has 2 aliphatic rings. The number of carbonyl (C=O) groups is 2. The lowest BCUT2D eigenvalue weighted by Crippen LogP contribution is -2.32. The van der Waals surface area contributed by atoms with Gasteiger partial charge in [-0.15, -0.1) is 0 Å². The summed E-state index contributed by atoms with van der Waals surface area (Å²) in [5.74, 6) is 0.326. The highest BCUT2D eigenvalue weighted by molar-refractivity contribution is 5.81. The lowest BCUT2D eigenvalue weighted by Gasteiger charge is -2.24. The molecular formula is C14H23NO3. The van der Waals surface area contributed by atoms with Gasteiger partial charge in [-0.3, -0.25) is 9.59 Å². The van der Waals surface area contributed by atoms with Gasteiger partial charge < -0.3 is 10.1 Å². The second-order valence-electron chi connectivity index (χ2n) is 5.53. The molecule has 0 saturated heterocycles. The number of amides is 1. The third-order valence-corrected chi connectivity index (χ3v) is 3.98. The third kappa shape index (κ3) is 4.31. The van der Waals surface area contributed by atoms with Crippen LogP contribution >= 0.6 is 0 Å². The summed E-state index contributed by atoms with van der Waals surface area (Å²) >= 11 is 0. The van der Waals surface area contributed by atoms with Gasteiger partial charge in [0.2, 0.25) is 5.91 Å². The third-order valence-electron chi connectivity index (χ3n) is 3.98. The molecule has 1 N–H and O–H groups in total. The Labute approximate surface area is 108 Å². The van der Waals surface area contributed by atoms with Crippen LogP contribution in [0.5, 0.6) is 0 Å². The maximum absolute atomic E-state index is 11.6. The molecule has 0 radical (unpaired) electrons. The van der Waals surface area contributed by atoms with Crippen LogP contribution in [0, 0.1) is 5.92 Å². The molecule has 102 valence electrons. The van der Waals surface area contributed by atoms with Crippen molar-refractivity contribution in [1.29, 1.82) is 0 Å². The van der Waals surface area contributed by atoms with Crippen LogP contribution in [0.2, 0.25) is 0 Å². The number of hydrogen-bond acceptors (Lipinski definition) is 3. The summed E-state index contributed by atoms with van der Waals surface area (Å²) < 4.78 is 5.15. The van der Waals surface area contributed by atoms with Crippen molar-refractivity contribution in [1.82, 2.24) is 5.32 Å². The van der Waals surface area contributed by atoms with E-state index in [2.05, 4.69) is 5.32 Å². The Kier molecular flexibility index (Phi) is 5.02. The zero-order valence-electron chi connectivity index (χ0n) is 11.0. The van der Waals surface area contributed by atoms with E-state index < -0.39 is 0 Å². The molecule has 2 rings (SSSR count). The van der Waals surface area contributed by atoms with Gasteiger partial charge in [0.1, 0.15) is 0 Å². The van der Waals surface area contributed by atoms with E-state index in [-0.39, 0.29) is 24.7 Å². The van der Waals surface area contributed by atoms with E-state index in [9.17, 15) is 9.59 Å². The number of ether oxygens (including phenoxy) is 1. The summed E-state index contributed by atoms with van der Waals surface area (Å²) in [5, 5.41) is 2.97. The smallest absolute Gasteiger partial charge is 0.306 e. The maximum atomic E-state index is 11.6. The predicted molar refractivity (Wildman–Crippen MR) is 67.9 cm³/mol. The topological polar surface area (TPSA) is 55.4 Å². The maximum Gasteiger partial charge on any atom is 0.306 e. The number of esters is 1. The van der Waals surface area contributed by atoms with E-state index in [1.807, 2.05) is 0 Å². The van der Waals surface area contributed by atoms with Gasteiger partial charge in [0.25, 0.3) is 0 Å². The van der Waals surface area contributed by atoms with Gasteiger partial charge >= 0.3 is 5.97 Å². The van der Waals surface area contributed by atoms with E-state index in [0.29, 0.717) is 18.6 Å². The molecule has 0 aromatic rings. The standard InChI is InChI=1S/C14H23NO3/c16-13(15-12-6-1-2-7-12)8-9-14(17)18-10-11-4-3-5-11/h11-12H,1-10H2,(H,15,16). The second-order valence-corrected chi connectivity index (χ2v) is 5.53. The van der Waals surface area contributed by atoms with Gasteiger partial charge in [-0.2, -0.15) is 0 Å². The van der Waals surface area contributed by atoms with Gasteiger partial charge in [-0.25, -0.2) is 0 Å². The van der Waals surface area contributed by atoms with Crippen LogP contribution in [0.1, 0.15) is 57.8 Å². The Bertz CT molecular complexity index is 293. The van der Waals surface area contributed by atoms with E-state index in [1.165, 1.54) is 32.1 Å². The molecule has 2 saturated carbocycles. The normalized spacial score (nSPS) is 20.4. The molecule has 0 heterocycles. The highest BCUT2D eigenvalue weighted by Crippen LogP contribution is 2.26. The molecule has 18 heavy (non-hydrogen) atoms. The van der Waals surface area contributed by atoms with E-state index in [4.69, 9.17) is 4.74 Å². The molecule has 0 bridgehead atoms. The fraction of sp³-hybridized carbons (Fsp3) is 0.857. The van der Waals surface area contributed by atoms with Crippen LogP contribution in [0.25, 0.3) is 0 Å². The fourth-order valence-electron chi connectivity index (χ4n) is 2.53. The largest absolute Gasteiger partial charge is 0.465 e. The van der Waals surface area contributed by atoms with Crippen molar-refractivity contribution in [3.8, 4) is 0 Å². The Morgan fingerprint density at radius 1 is 1.00 bits per heavy atom. The first-order valence-corrected chi connectivity index (χ1v) is 7.19. The van der Waals surface area contributed by atoms with E-state index in [0.717, 1.165) is 12.8 Å². The quantitative estimate of drug-likeness (QED) is 0.738. The predicted octanol–water partition coefficient (Wildman–Crippen LogP) is 2.17. The summed E-state index contributed by atoms with van der Waals surface area (Å²) in [6, 6.07) is 0.337. The molecule has 4 nitrogen and oxygen atoms in total. The number of rotatable bonds is 6. The van der Waals surface area contributed by atoms with E-state index in [1.54, 1.807) is 0 Å².